The molecule has 0 aliphatic rings. The molecule has 0 saturated carbocycles. The van der Waals surface area contributed by atoms with Crippen LogP contribution in [0.2, 0.25) is 0 Å². The summed E-state index contributed by atoms with van der Waals surface area (Å²) in [6.07, 6.45) is 0. The Labute approximate surface area is 108 Å². The average molecular weight is 257 g/mol. The molecule has 18 heavy (non-hydrogen) atoms. The number of nitrogen functional groups attached to an aromatic ring is 1. The fourth-order valence-corrected chi connectivity index (χ4v) is 2.31. The van der Waals surface area contributed by atoms with Crippen LogP contribution in [-0.4, -0.2) is 20.0 Å². The topological polar surface area (TPSA) is 69.6 Å². The van der Waals surface area contributed by atoms with Crippen LogP contribution in [0.3, 0.4) is 0 Å². The van der Waals surface area contributed by atoms with Crippen molar-refractivity contribution in [3.05, 3.63) is 41.4 Å². The van der Waals surface area contributed by atoms with Gasteiger partial charge in [-0.1, -0.05) is 6.07 Å². The number of aromatic nitrogens is 4. The summed E-state index contributed by atoms with van der Waals surface area (Å²) in [5.41, 5.74) is 7.67. The molecule has 0 unspecified atom stereocenters. The summed E-state index contributed by atoms with van der Waals surface area (Å²) in [4.78, 5) is 1.08. The van der Waals surface area contributed by atoms with E-state index in [2.05, 4.69) is 15.3 Å². The van der Waals surface area contributed by atoms with Gasteiger partial charge in [0, 0.05) is 6.07 Å². The van der Waals surface area contributed by atoms with E-state index in [-0.39, 0.29) is 0 Å². The molecule has 0 aliphatic heterocycles. The van der Waals surface area contributed by atoms with Crippen LogP contribution >= 0.6 is 11.3 Å². The van der Waals surface area contributed by atoms with E-state index in [1.165, 1.54) is 0 Å². The lowest BCUT2D eigenvalue weighted by molar-refractivity contribution is 0.817. The number of hydrogen-bond acceptors (Lipinski definition) is 5. The minimum Gasteiger partial charge on any atom is -0.384 e. The van der Waals surface area contributed by atoms with Gasteiger partial charge in [-0.25, -0.2) is 0 Å². The van der Waals surface area contributed by atoms with Crippen LogP contribution in [0.15, 0.2) is 35.7 Å². The Morgan fingerprint density at radius 3 is 2.78 bits per heavy atom. The maximum Gasteiger partial charge on any atom is 0.178 e. The van der Waals surface area contributed by atoms with E-state index in [0.717, 1.165) is 16.3 Å². The minimum atomic E-state index is 0.552. The van der Waals surface area contributed by atoms with Crippen LogP contribution < -0.4 is 5.73 Å². The number of nitrogens with two attached hydrogens (primary N) is 1. The zero-order chi connectivity index (χ0) is 12.5. The predicted molar refractivity (Wildman–Crippen MR) is 71.6 cm³/mol. The van der Waals surface area contributed by atoms with Gasteiger partial charge in [-0.15, -0.1) is 16.4 Å². The second-order valence-electron chi connectivity index (χ2n) is 3.88. The van der Waals surface area contributed by atoms with E-state index >= 15 is 0 Å². The first-order valence-electron chi connectivity index (χ1n) is 5.44. The van der Waals surface area contributed by atoms with Crippen LogP contribution in [0.1, 0.15) is 5.69 Å². The molecule has 2 N–H and O–H groups in total. The smallest absolute Gasteiger partial charge is 0.178 e. The number of nitrogens with zero attached hydrogens (tertiary/aromatic N) is 4. The molecule has 3 rings (SSSR count). The first-order chi connectivity index (χ1) is 8.74. The first kappa shape index (κ1) is 10.9. The van der Waals surface area contributed by atoms with E-state index in [4.69, 9.17) is 5.73 Å². The Balaban J connectivity index is 2.06. The molecule has 0 aliphatic carbocycles. The predicted octanol–water partition coefficient (Wildman–Crippen LogP) is 2.28. The van der Waals surface area contributed by atoms with Crippen molar-refractivity contribution in [2.24, 2.45) is 0 Å². The van der Waals surface area contributed by atoms with Gasteiger partial charge in [0.1, 0.15) is 11.5 Å². The summed E-state index contributed by atoms with van der Waals surface area (Å²) in [6.45, 7) is 1.89. The van der Waals surface area contributed by atoms with E-state index in [1.54, 1.807) is 16.0 Å². The molecule has 6 heteroatoms. The number of thiophene rings is 1. The van der Waals surface area contributed by atoms with E-state index in [9.17, 15) is 0 Å². The third-order valence-electron chi connectivity index (χ3n) is 2.51. The van der Waals surface area contributed by atoms with Crippen molar-refractivity contribution in [1.82, 2.24) is 20.0 Å². The van der Waals surface area contributed by atoms with Crippen molar-refractivity contribution in [3.63, 3.8) is 0 Å². The summed E-state index contributed by atoms with van der Waals surface area (Å²) < 4.78 is 1.60. The van der Waals surface area contributed by atoms with Crippen molar-refractivity contribution in [1.29, 1.82) is 0 Å². The third-order valence-corrected chi connectivity index (χ3v) is 3.40. The van der Waals surface area contributed by atoms with Gasteiger partial charge in [0.25, 0.3) is 0 Å². The molecular formula is C12H11N5S. The minimum absolute atomic E-state index is 0.552. The Morgan fingerprint density at radius 2 is 2.11 bits per heavy atom. The Bertz CT molecular complexity index is 654. The zero-order valence-electron chi connectivity index (χ0n) is 9.74. The van der Waals surface area contributed by atoms with Crippen LogP contribution in [-0.2, 0) is 0 Å². The van der Waals surface area contributed by atoms with Crippen LogP contribution in [0.5, 0.6) is 0 Å². The lowest BCUT2D eigenvalue weighted by atomic mass is 10.3. The molecule has 90 valence electrons. The van der Waals surface area contributed by atoms with Crippen LogP contribution in [0.4, 0.5) is 5.82 Å². The molecule has 0 bridgehead atoms. The molecule has 0 spiro atoms. The van der Waals surface area contributed by atoms with Gasteiger partial charge >= 0.3 is 0 Å². The molecule has 0 aromatic carbocycles. The standard InChI is InChI=1S/C12H11N5S/c1-8-4-5-12(15-14-8)17-11(13)7-9(16-17)10-3-2-6-18-10/h2-7H,13H2,1H3. The maximum atomic E-state index is 5.95. The van der Waals surface area contributed by atoms with Gasteiger partial charge < -0.3 is 5.73 Å². The Hall–Kier alpha value is -2.21. The fourth-order valence-electron chi connectivity index (χ4n) is 1.63. The van der Waals surface area contributed by atoms with Gasteiger partial charge in [-0.2, -0.15) is 14.9 Å². The van der Waals surface area contributed by atoms with Crippen LogP contribution in [0, 0.1) is 6.92 Å². The fraction of sp³-hybridized carbons (Fsp3) is 0.0833. The largest absolute Gasteiger partial charge is 0.384 e. The first-order valence-corrected chi connectivity index (χ1v) is 6.32. The van der Waals surface area contributed by atoms with E-state index in [1.807, 2.05) is 42.6 Å². The second-order valence-corrected chi connectivity index (χ2v) is 4.82. The van der Waals surface area contributed by atoms with Gasteiger partial charge in [-0.3, -0.25) is 0 Å². The third kappa shape index (κ3) is 1.86. The van der Waals surface area contributed by atoms with Gasteiger partial charge in [-0.05, 0) is 30.5 Å². The van der Waals surface area contributed by atoms with Crippen LogP contribution in [0.25, 0.3) is 16.4 Å². The summed E-state index contributed by atoms with van der Waals surface area (Å²) in [5, 5.41) is 14.5. The highest BCUT2D eigenvalue weighted by Gasteiger charge is 2.10. The summed E-state index contributed by atoms with van der Waals surface area (Å²) in [6, 6.07) is 9.57. The average Bonchev–Trinajstić information content (AvgIpc) is 2.99. The molecule has 0 atom stereocenters. The molecular weight excluding hydrogens is 246 g/mol. The molecule has 3 aromatic heterocycles. The molecule has 0 radical (unpaired) electrons. The van der Waals surface area contributed by atoms with Crippen molar-refractivity contribution in [2.45, 2.75) is 6.92 Å². The normalized spacial score (nSPS) is 10.7. The summed E-state index contributed by atoms with van der Waals surface area (Å²) in [5.74, 6) is 1.18. The summed E-state index contributed by atoms with van der Waals surface area (Å²) >= 11 is 1.63. The lowest BCUT2D eigenvalue weighted by Crippen LogP contribution is -2.05. The zero-order valence-corrected chi connectivity index (χ0v) is 10.6. The SMILES string of the molecule is Cc1ccc(-n2nc(-c3cccs3)cc2N)nn1. The molecule has 3 aromatic rings. The maximum absolute atomic E-state index is 5.95. The highest BCUT2D eigenvalue weighted by atomic mass is 32.1. The number of aryl methyl sites for hydroxylation is 1. The molecule has 3 heterocycles. The van der Waals surface area contributed by atoms with Gasteiger partial charge in [0.05, 0.1) is 10.6 Å². The molecule has 0 fully saturated rings. The second kappa shape index (κ2) is 4.23. The quantitative estimate of drug-likeness (QED) is 0.764. The van der Waals surface area contributed by atoms with Gasteiger partial charge in [0.2, 0.25) is 0 Å². The molecule has 5 nitrogen and oxygen atoms in total. The Morgan fingerprint density at radius 1 is 1.22 bits per heavy atom. The monoisotopic (exact) mass is 257 g/mol. The molecule has 0 amide bonds. The summed E-state index contributed by atoms with van der Waals surface area (Å²) in [7, 11) is 0. The number of hydrogen-bond donors (Lipinski definition) is 1. The lowest BCUT2D eigenvalue weighted by Gasteiger charge is -2.01. The van der Waals surface area contributed by atoms with Crippen molar-refractivity contribution in [2.75, 3.05) is 5.73 Å². The van der Waals surface area contributed by atoms with Crippen molar-refractivity contribution >= 4 is 17.2 Å². The van der Waals surface area contributed by atoms with E-state index < -0.39 is 0 Å². The number of rotatable bonds is 2. The van der Waals surface area contributed by atoms with Gasteiger partial charge in [0.15, 0.2) is 5.82 Å². The highest BCUT2D eigenvalue weighted by molar-refractivity contribution is 7.13. The van der Waals surface area contributed by atoms with E-state index in [0.29, 0.717) is 11.6 Å². The van der Waals surface area contributed by atoms with Crippen molar-refractivity contribution < 1.29 is 0 Å². The Kier molecular flexibility index (Phi) is 2.56. The number of anilines is 1. The van der Waals surface area contributed by atoms with Crippen molar-refractivity contribution in [3.8, 4) is 16.4 Å². The molecule has 0 saturated heterocycles. The highest BCUT2D eigenvalue weighted by Crippen LogP contribution is 2.25.